The molecule has 29 heavy (non-hydrogen) atoms. The van der Waals surface area contributed by atoms with Gasteiger partial charge in [-0.3, -0.25) is 9.59 Å². The van der Waals surface area contributed by atoms with E-state index in [1.54, 1.807) is 12.0 Å². The van der Waals surface area contributed by atoms with Crippen LogP contribution in [0, 0.1) is 5.92 Å². The number of fused-ring (bicyclic) bond motifs is 1. The summed E-state index contributed by atoms with van der Waals surface area (Å²) in [5, 5.41) is 5.39. The van der Waals surface area contributed by atoms with Crippen molar-refractivity contribution in [1.29, 1.82) is 0 Å². The van der Waals surface area contributed by atoms with Gasteiger partial charge >= 0.3 is 0 Å². The molecule has 148 valence electrons. The first-order chi connectivity index (χ1) is 14.0. The molecule has 3 aromatic carbocycles. The average molecular weight is 388 g/mol. The van der Waals surface area contributed by atoms with Crippen molar-refractivity contribution in [2.75, 3.05) is 18.6 Å². The van der Waals surface area contributed by atoms with Gasteiger partial charge in [-0.15, -0.1) is 0 Å². The molecule has 1 aliphatic rings. The predicted octanol–water partition coefficient (Wildman–Crippen LogP) is 4.08. The summed E-state index contributed by atoms with van der Waals surface area (Å²) in [5.41, 5.74) is 1.80. The lowest BCUT2D eigenvalue weighted by molar-refractivity contribution is -0.126. The van der Waals surface area contributed by atoms with Crippen LogP contribution in [0.3, 0.4) is 0 Å². The minimum absolute atomic E-state index is 0.0447. The number of hydrogen-bond acceptors (Lipinski definition) is 3. The van der Waals surface area contributed by atoms with Crippen LogP contribution in [0.5, 0.6) is 5.75 Å². The quantitative estimate of drug-likeness (QED) is 0.717. The van der Waals surface area contributed by atoms with Gasteiger partial charge in [0.1, 0.15) is 5.75 Å². The Kier molecular flexibility index (Phi) is 5.21. The van der Waals surface area contributed by atoms with Crippen LogP contribution >= 0.6 is 0 Å². The van der Waals surface area contributed by atoms with Gasteiger partial charge in [-0.05, 0) is 41.5 Å². The van der Waals surface area contributed by atoms with Crippen LogP contribution in [0.2, 0.25) is 0 Å². The number of carbonyl (C=O) groups is 2. The normalized spacial score (nSPS) is 17.4. The van der Waals surface area contributed by atoms with Crippen molar-refractivity contribution in [2.24, 2.45) is 5.92 Å². The number of benzene rings is 3. The molecule has 2 atom stereocenters. The second-order valence-electron chi connectivity index (χ2n) is 7.44. The second-order valence-corrected chi connectivity index (χ2v) is 7.44. The fourth-order valence-electron chi connectivity index (χ4n) is 3.80. The number of methoxy groups -OCH3 is 1. The van der Waals surface area contributed by atoms with E-state index < -0.39 is 0 Å². The molecule has 0 unspecified atom stereocenters. The van der Waals surface area contributed by atoms with Crippen molar-refractivity contribution in [3.05, 3.63) is 72.3 Å². The molecule has 0 aromatic heterocycles. The van der Waals surface area contributed by atoms with E-state index in [9.17, 15) is 9.59 Å². The molecule has 1 fully saturated rings. The summed E-state index contributed by atoms with van der Waals surface area (Å²) < 4.78 is 5.24. The minimum Gasteiger partial charge on any atom is -0.497 e. The summed E-state index contributed by atoms with van der Waals surface area (Å²) in [6, 6.07) is 21.6. The maximum atomic E-state index is 12.8. The maximum Gasteiger partial charge on any atom is 0.227 e. The molecule has 1 aliphatic heterocycles. The zero-order chi connectivity index (χ0) is 20.4. The zero-order valence-electron chi connectivity index (χ0n) is 16.6. The van der Waals surface area contributed by atoms with Gasteiger partial charge in [-0.2, -0.15) is 0 Å². The Balaban J connectivity index is 1.44. The van der Waals surface area contributed by atoms with Crippen LogP contribution < -0.4 is 15.0 Å². The monoisotopic (exact) mass is 388 g/mol. The summed E-state index contributed by atoms with van der Waals surface area (Å²) in [4.78, 5) is 27.0. The van der Waals surface area contributed by atoms with Crippen molar-refractivity contribution >= 4 is 28.3 Å². The molecule has 0 bridgehead atoms. The number of nitrogens with one attached hydrogen (secondary N) is 1. The molecule has 5 heteroatoms. The highest BCUT2D eigenvalue weighted by Crippen LogP contribution is 2.28. The zero-order valence-corrected chi connectivity index (χ0v) is 16.6. The molecule has 3 aromatic rings. The van der Waals surface area contributed by atoms with Crippen molar-refractivity contribution in [3.8, 4) is 5.75 Å². The molecule has 1 N–H and O–H groups in total. The molecule has 5 nitrogen and oxygen atoms in total. The third-order valence-corrected chi connectivity index (χ3v) is 5.49. The molecule has 0 radical (unpaired) electrons. The minimum atomic E-state index is -0.364. The Hall–Kier alpha value is -3.34. The van der Waals surface area contributed by atoms with Gasteiger partial charge < -0.3 is 15.0 Å². The van der Waals surface area contributed by atoms with Crippen LogP contribution in [0.25, 0.3) is 10.8 Å². The highest BCUT2D eigenvalue weighted by atomic mass is 16.5. The highest BCUT2D eigenvalue weighted by Gasteiger charge is 2.35. The lowest BCUT2D eigenvalue weighted by Gasteiger charge is -2.19. The molecule has 0 aliphatic carbocycles. The predicted molar refractivity (Wildman–Crippen MR) is 114 cm³/mol. The van der Waals surface area contributed by atoms with Crippen LogP contribution in [0.1, 0.15) is 24.9 Å². The first-order valence-electron chi connectivity index (χ1n) is 9.78. The van der Waals surface area contributed by atoms with Crippen molar-refractivity contribution in [3.63, 3.8) is 0 Å². The second kappa shape index (κ2) is 7.95. The Labute approximate surface area is 170 Å². The van der Waals surface area contributed by atoms with E-state index in [-0.39, 0.29) is 30.2 Å². The van der Waals surface area contributed by atoms with Crippen molar-refractivity contribution < 1.29 is 14.3 Å². The standard InChI is InChI=1S/C24H24N2O3/c1-16(18-11-10-17-6-3-4-7-19(17)12-18)25-24(28)20-13-23(27)26(15-20)21-8-5-9-22(14-21)29-2/h3-12,14,16,20H,13,15H2,1-2H3,(H,25,28)/t16-,20-/m0/s1. The summed E-state index contributed by atoms with van der Waals surface area (Å²) in [6.45, 7) is 2.35. The van der Waals surface area contributed by atoms with Crippen LogP contribution in [-0.4, -0.2) is 25.5 Å². The molecular formula is C24H24N2O3. The molecular weight excluding hydrogens is 364 g/mol. The van der Waals surface area contributed by atoms with E-state index in [0.717, 1.165) is 16.6 Å². The Morgan fingerprint density at radius 1 is 1.07 bits per heavy atom. The number of hydrogen-bond donors (Lipinski definition) is 1. The topological polar surface area (TPSA) is 58.6 Å². The third-order valence-electron chi connectivity index (χ3n) is 5.49. The maximum absolute atomic E-state index is 12.8. The van der Waals surface area contributed by atoms with Crippen molar-refractivity contribution in [2.45, 2.75) is 19.4 Å². The number of amides is 2. The summed E-state index contributed by atoms with van der Waals surface area (Å²) in [5.74, 6) is 0.186. The summed E-state index contributed by atoms with van der Waals surface area (Å²) >= 11 is 0. The lowest BCUT2D eigenvalue weighted by atomic mass is 10.0. The number of ether oxygens (including phenoxy) is 1. The van der Waals surface area contributed by atoms with E-state index in [2.05, 4.69) is 29.6 Å². The van der Waals surface area contributed by atoms with E-state index in [0.29, 0.717) is 12.3 Å². The van der Waals surface area contributed by atoms with Gasteiger partial charge in [-0.25, -0.2) is 0 Å². The summed E-state index contributed by atoms with van der Waals surface area (Å²) in [6.07, 6.45) is 0.216. The molecule has 2 amide bonds. The van der Waals surface area contributed by atoms with Gasteiger partial charge in [-0.1, -0.05) is 42.5 Å². The van der Waals surface area contributed by atoms with Crippen molar-refractivity contribution in [1.82, 2.24) is 5.32 Å². The lowest BCUT2D eigenvalue weighted by Crippen LogP contribution is -2.34. The SMILES string of the molecule is COc1cccc(N2C[C@@H](C(=O)N[C@@H](C)c3ccc4ccccc4c3)CC2=O)c1. The molecule has 4 rings (SSSR count). The molecule has 1 saturated heterocycles. The van der Waals surface area contributed by atoms with E-state index in [4.69, 9.17) is 4.74 Å². The summed E-state index contributed by atoms with van der Waals surface area (Å²) in [7, 11) is 1.59. The van der Waals surface area contributed by atoms with Gasteiger partial charge in [0.25, 0.3) is 0 Å². The number of rotatable bonds is 5. The van der Waals surface area contributed by atoms with Crippen LogP contribution in [0.4, 0.5) is 5.69 Å². The first kappa shape index (κ1) is 19.0. The Morgan fingerprint density at radius 2 is 1.86 bits per heavy atom. The van der Waals surface area contributed by atoms with Crippen LogP contribution in [0.15, 0.2) is 66.7 Å². The number of carbonyl (C=O) groups excluding carboxylic acids is 2. The van der Waals surface area contributed by atoms with Gasteiger partial charge in [0, 0.05) is 24.7 Å². The Morgan fingerprint density at radius 3 is 2.66 bits per heavy atom. The third kappa shape index (κ3) is 3.94. The smallest absolute Gasteiger partial charge is 0.227 e. The first-order valence-corrected chi connectivity index (χ1v) is 9.78. The number of nitrogens with zero attached hydrogens (tertiary/aromatic N) is 1. The largest absolute Gasteiger partial charge is 0.497 e. The van der Waals surface area contributed by atoms with Gasteiger partial charge in [0.15, 0.2) is 0 Å². The van der Waals surface area contributed by atoms with E-state index >= 15 is 0 Å². The Bertz CT molecular complexity index is 1060. The fourth-order valence-corrected chi connectivity index (χ4v) is 3.80. The fraction of sp³-hybridized carbons (Fsp3) is 0.250. The number of anilines is 1. The van der Waals surface area contributed by atoms with E-state index in [1.165, 1.54) is 5.39 Å². The highest BCUT2D eigenvalue weighted by molar-refractivity contribution is 6.00. The molecule has 0 saturated carbocycles. The average Bonchev–Trinajstić information content (AvgIpc) is 3.15. The van der Waals surface area contributed by atoms with Crippen LogP contribution in [-0.2, 0) is 9.59 Å². The van der Waals surface area contributed by atoms with E-state index in [1.807, 2.05) is 49.4 Å². The van der Waals surface area contributed by atoms with Gasteiger partial charge in [0.2, 0.25) is 11.8 Å². The van der Waals surface area contributed by atoms with Gasteiger partial charge in [0.05, 0.1) is 19.1 Å². The molecule has 0 spiro atoms. The molecule has 1 heterocycles.